The molecule has 47 heavy (non-hydrogen) atoms. The quantitative estimate of drug-likeness (QED) is 0.0502. The van der Waals surface area contributed by atoms with Gasteiger partial charge in [-0.1, -0.05) is 162 Å². The molecule has 0 radical (unpaired) electrons. The molecule has 1 amide bonds. The number of amides is 1. The van der Waals surface area contributed by atoms with Crippen LogP contribution in [0.25, 0.3) is 0 Å². The van der Waals surface area contributed by atoms with Gasteiger partial charge >= 0.3 is 0 Å². The largest absolute Gasteiger partial charge is 0.394 e. The molecule has 0 aromatic rings. The maximum Gasteiger partial charge on any atom is 0.220 e. The van der Waals surface area contributed by atoms with Crippen molar-refractivity contribution in [2.75, 3.05) is 6.61 Å². The Hall–Kier alpha value is -2.69. The molecule has 0 aliphatic heterocycles. The summed E-state index contributed by atoms with van der Waals surface area (Å²) in [5.41, 5.74) is 0. The van der Waals surface area contributed by atoms with Crippen LogP contribution in [0.5, 0.6) is 0 Å². The molecule has 0 bridgehead atoms. The first-order valence-corrected chi connectivity index (χ1v) is 18.9. The van der Waals surface area contributed by atoms with Crippen LogP contribution in [0.4, 0.5) is 0 Å². The number of aliphatic hydroxyl groups excluding tert-OH is 2. The number of unbranched alkanes of at least 4 members (excludes halogenated alkanes) is 9. The predicted molar refractivity (Wildman–Crippen MR) is 206 cm³/mol. The molecule has 4 nitrogen and oxygen atoms in total. The van der Waals surface area contributed by atoms with E-state index >= 15 is 0 Å². The van der Waals surface area contributed by atoms with Gasteiger partial charge in [-0.2, -0.15) is 0 Å². The van der Waals surface area contributed by atoms with Gasteiger partial charge in [0.15, 0.2) is 0 Å². The van der Waals surface area contributed by atoms with Crippen molar-refractivity contribution in [3.63, 3.8) is 0 Å². The number of carbonyl (C=O) groups excluding carboxylic acids is 1. The summed E-state index contributed by atoms with van der Waals surface area (Å²) in [4.78, 5) is 12.3. The van der Waals surface area contributed by atoms with E-state index in [0.717, 1.165) is 83.5 Å². The molecule has 266 valence electrons. The summed E-state index contributed by atoms with van der Waals surface area (Å²) in [5, 5.41) is 22.9. The second-order valence-corrected chi connectivity index (χ2v) is 12.3. The fraction of sp³-hybridized carbons (Fsp3) is 0.605. The first-order valence-electron chi connectivity index (χ1n) is 18.9. The monoisotopic (exact) mass is 650 g/mol. The Morgan fingerprint density at radius 1 is 0.532 bits per heavy atom. The number of nitrogens with one attached hydrogen (secondary N) is 1. The summed E-state index contributed by atoms with van der Waals surface area (Å²) >= 11 is 0. The van der Waals surface area contributed by atoms with E-state index < -0.39 is 12.1 Å². The minimum Gasteiger partial charge on any atom is -0.394 e. The van der Waals surface area contributed by atoms with Crippen LogP contribution in [-0.2, 0) is 4.79 Å². The van der Waals surface area contributed by atoms with Crippen molar-refractivity contribution in [3.05, 3.63) is 97.2 Å². The first kappa shape index (κ1) is 44.3. The van der Waals surface area contributed by atoms with Gasteiger partial charge in [-0.05, 0) is 77.0 Å². The summed E-state index contributed by atoms with van der Waals surface area (Å²) in [7, 11) is 0. The topological polar surface area (TPSA) is 69.6 Å². The van der Waals surface area contributed by atoms with Gasteiger partial charge in [-0.15, -0.1) is 0 Å². The molecule has 0 heterocycles. The number of aliphatic hydroxyl groups is 2. The van der Waals surface area contributed by atoms with Crippen LogP contribution in [0.1, 0.15) is 149 Å². The van der Waals surface area contributed by atoms with E-state index in [1.807, 2.05) is 0 Å². The van der Waals surface area contributed by atoms with Gasteiger partial charge in [0.05, 0.1) is 18.8 Å². The average Bonchev–Trinajstić information content (AvgIpc) is 3.07. The fourth-order valence-electron chi connectivity index (χ4n) is 4.96. The predicted octanol–water partition coefficient (Wildman–Crippen LogP) is 11.5. The molecule has 0 saturated carbocycles. The van der Waals surface area contributed by atoms with Crippen molar-refractivity contribution in [2.45, 2.75) is 161 Å². The second-order valence-electron chi connectivity index (χ2n) is 12.3. The minimum absolute atomic E-state index is 0.0830. The van der Waals surface area contributed by atoms with E-state index in [9.17, 15) is 15.0 Å². The van der Waals surface area contributed by atoms with Crippen LogP contribution in [0.3, 0.4) is 0 Å². The molecular formula is C43H71NO3. The van der Waals surface area contributed by atoms with Gasteiger partial charge in [-0.3, -0.25) is 4.79 Å². The highest BCUT2D eigenvalue weighted by Crippen LogP contribution is 2.12. The summed E-state index contributed by atoms with van der Waals surface area (Å²) in [6.07, 6.45) is 56.2. The Morgan fingerprint density at radius 3 is 1.36 bits per heavy atom. The number of rotatable bonds is 32. The molecule has 0 aromatic heterocycles. The molecule has 0 rings (SSSR count). The van der Waals surface area contributed by atoms with Gasteiger partial charge in [0.25, 0.3) is 0 Å². The summed E-state index contributed by atoms with van der Waals surface area (Å²) in [5.74, 6) is -0.0830. The van der Waals surface area contributed by atoms with Crippen LogP contribution >= 0.6 is 0 Å². The van der Waals surface area contributed by atoms with E-state index in [0.29, 0.717) is 12.8 Å². The van der Waals surface area contributed by atoms with Crippen molar-refractivity contribution >= 4 is 5.91 Å². The van der Waals surface area contributed by atoms with Crippen LogP contribution in [0, 0.1) is 0 Å². The maximum atomic E-state index is 12.3. The molecule has 2 unspecified atom stereocenters. The number of hydrogen-bond acceptors (Lipinski definition) is 3. The van der Waals surface area contributed by atoms with Gasteiger partial charge in [0.2, 0.25) is 5.91 Å². The van der Waals surface area contributed by atoms with Crippen molar-refractivity contribution in [3.8, 4) is 0 Å². The van der Waals surface area contributed by atoms with Crippen LogP contribution < -0.4 is 5.32 Å². The zero-order valence-corrected chi connectivity index (χ0v) is 30.3. The highest BCUT2D eigenvalue weighted by molar-refractivity contribution is 5.76. The van der Waals surface area contributed by atoms with Crippen molar-refractivity contribution in [1.29, 1.82) is 0 Å². The third kappa shape index (κ3) is 34.5. The molecule has 4 heteroatoms. The molecule has 0 aromatic carbocycles. The third-order valence-electron chi connectivity index (χ3n) is 7.86. The lowest BCUT2D eigenvalue weighted by Crippen LogP contribution is -2.45. The van der Waals surface area contributed by atoms with Gasteiger partial charge < -0.3 is 15.5 Å². The Labute approximate surface area is 290 Å². The minimum atomic E-state index is -0.681. The maximum absolute atomic E-state index is 12.3. The Bertz CT molecular complexity index is 921. The van der Waals surface area contributed by atoms with E-state index in [2.05, 4.69) is 116 Å². The van der Waals surface area contributed by atoms with Crippen molar-refractivity contribution < 1.29 is 15.0 Å². The van der Waals surface area contributed by atoms with E-state index in [-0.39, 0.29) is 12.5 Å². The number of hydrogen-bond donors (Lipinski definition) is 3. The Morgan fingerprint density at radius 2 is 0.936 bits per heavy atom. The van der Waals surface area contributed by atoms with Gasteiger partial charge in [-0.25, -0.2) is 0 Å². The van der Waals surface area contributed by atoms with E-state index in [1.54, 1.807) is 0 Å². The molecule has 0 saturated heterocycles. The second kappa shape index (κ2) is 37.8. The summed E-state index contributed by atoms with van der Waals surface area (Å²) in [6, 6.07) is -0.563. The Kier molecular flexibility index (Phi) is 35.6. The lowest BCUT2D eigenvalue weighted by molar-refractivity contribution is -0.123. The van der Waals surface area contributed by atoms with Crippen LogP contribution in [0.2, 0.25) is 0 Å². The first-order chi connectivity index (χ1) is 23.2. The van der Waals surface area contributed by atoms with Crippen LogP contribution in [0.15, 0.2) is 97.2 Å². The summed E-state index contributed by atoms with van der Waals surface area (Å²) < 4.78 is 0. The highest BCUT2D eigenvalue weighted by Gasteiger charge is 2.19. The molecule has 0 spiro atoms. The fourth-order valence-corrected chi connectivity index (χ4v) is 4.96. The van der Waals surface area contributed by atoms with E-state index in [1.165, 1.54) is 38.5 Å². The lowest BCUT2D eigenvalue weighted by Gasteiger charge is -2.22. The third-order valence-corrected chi connectivity index (χ3v) is 7.86. The molecule has 2 atom stereocenters. The van der Waals surface area contributed by atoms with Crippen LogP contribution in [-0.4, -0.2) is 34.9 Å². The standard InChI is InChI=1S/C43H71NO3/c1-3-5-7-9-11-13-14-15-16-17-18-19-20-21-22-23-24-25-26-27-28-29-30-31-33-35-37-39-43(47)44-41(40-45)42(46)38-36-34-32-12-10-8-6-4-2/h5,7,11,13,15-16,18-19,21-22,24-25,27-28,30-31,41-42,45-46H,3-4,6,8-10,12,14,17,20,23,26,29,32-40H2,1-2H3,(H,44,47)/b7-5-,13-11-,16-15-,19-18-,22-21-,25-24-,28-27-,31-30-. The zero-order chi connectivity index (χ0) is 34.3. The smallest absolute Gasteiger partial charge is 0.220 e. The molecular weight excluding hydrogens is 578 g/mol. The molecule has 0 aliphatic carbocycles. The molecule has 0 fully saturated rings. The van der Waals surface area contributed by atoms with Gasteiger partial charge in [0.1, 0.15) is 0 Å². The van der Waals surface area contributed by atoms with E-state index in [4.69, 9.17) is 0 Å². The average molecular weight is 650 g/mol. The lowest BCUT2D eigenvalue weighted by atomic mass is 10.0. The SMILES string of the molecule is CC/C=C\C/C=C\C/C=C\C/C=C\C/C=C\C/C=C\C/C=C\C/C=C\CCCCC(=O)NC(CO)C(O)CCCCCCCCCC. The molecule has 3 N–H and O–H groups in total. The Balaban J connectivity index is 3.74. The van der Waals surface area contributed by atoms with Gasteiger partial charge in [0, 0.05) is 6.42 Å². The summed E-state index contributed by atoms with van der Waals surface area (Å²) in [6.45, 7) is 4.17. The van der Waals surface area contributed by atoms with Crippen molar-refractivity contribution in [1.82, 2.24) is 5.32 Å². The normalized spacial score (nSPS) is 14.2. The van der Waals surface area contributed by atoms with Crippen molar-refractivity contribution in [2.24, 2.45) is 0 Å². The number of allylic oxidation sites excluding steroid dienone is 16. The highest BCUT2D eigenvalue weighted by atomic mass is 16.3. The zero-order valence-electron chi connectivity index (χ0n) is 30.3. The molecule has 0 aliphatic rings. The number of carbonyl (C=O) groups is 1.